The van der Waals surface area contributed by atoms with Crippen LogP contribution in [0.15, 0.2) is 0 Å². The highest BCUT2D eigenvalue weighted by atomic mass is 16.5. The van der Waals surface area contributed by atoms with Crippen molar-refractivity contribution in [1.82, 2.24) is 5.32 Å². The molecule has 1 saturated heterocycles. The summed E-state index contributed by atoms with van der Waals surface area (Å²) in [6.45, 7) is 3.69. The number of ether oxygens (including phenoxy) is 1. The third-order valence-electron chi connectivity index (χ3n) is 2.85. The fourth-order valence-corrected chi connectivity index (χ4v) is 1.74. The lowest BCUT2D eigenvalue weighted by molar-refractivity contribution is -0.124. The van der Waals surface area contributed by atoms with Crippen LogP contribution in [0.25, 0.3) is 0 Å². The smallest absolute Gasteiger partial charge is 0.220 e. The van der Waals surface area contributed by atoms with Crippen LogP contribution in [0.5, 0.6) is 0 Å². The first kappa shape index (κ1) is 12.5. The first-order chi connectivity index (χ1) is 7.16. The summed E-state index contributed by atoms with van der Waals surface area (Å²) in [4.78, 5) is 11.6. The topological polar surface area (TPSA) is 58.6 Å². The molecule has 0 aromatic carbocycles. The van der Waals surface area contributed by atoms with Crippen molar-refractivity contribution in [2.24, 2.45) is 0 Å². The van der Waals surface area contributed by atoms with Gasteiger partial charge in [-0.1, -0.05) is 0 Å². The second kappa shape index (κ2) is 6.08. The fraction of sp³-hybridized carbons (Fsp3) is 0.909. The van der Waals surface area contributed by atoms with E-state index in [2.05, 4.69) is 12.2 Å². The molecule has 0 saturated carbocycles. The maximum Gasteiger partial charge on any atom is 0.220 e. The van der Waals surface area contributed by atoms with Crippen molar-refractivity contribution in [3.8, 4) is 0 Å². The monoisotopic (exact) mass is 215 g/mol. The van der Waals surface area contributed by atoms with Gasteiger partial charge in [0.2, 0.25) is 5.91 Å². The van der Waals surface area contributed by atoms with Crippen molar-refractivity contribution >= 4 is 5.91 Å². The summed E-state index contributed by atoms with van der Waals surface area (Å²) in [6.07, 6.45) is 3.75. The summed E-state index contributed by atoms with van der Waals surface area (Å²) in [5.41, 5.74) is -0.0887. The summed E-state index contributed by atoms with van der Waals surface area (Å²) in [5.74, 6) is 0.0906. The van der Waals surface area contributed by atoms with Crippen LogP contribution < -0.4 is 5.32 Å². The molecule has 0 bridgehead atoms. The minimum atomic E-state index is -0.0887. The maximum atomic E-state index is 11.6. The first-order valence-electron chi connectivity index (χ1n) is 5.66. The largest absolute Gasteiger partial charge is 0.396 e. The van der Waals surface area contributed by atoms with E-state index >= 15 is 0 Å². The molecule has 4 nitrogen and oxygen atoms in total. The van der Waals surface area contributed by atoms with Gasteiger partial charge in [-0.15, -0.1) is 0 Å². The van der Waals surface area contributed by atoms with E-state index < -0.39 is 0 Å². The van der Waals surface area contributed by atoms with Crippen molar-refractivity contribution in [3.05, 3.63) is 0 Å². The molecule has 0 unspecified atom stereocenters. The zero-order chi connectivity index (χ0) is 11.1. The Morgan fingerprint density at radius 3 is 2.67 bits per heavy atom. The molecule has 1 rings (SSSR count). The molecule has 0 aliphatic carbocycles. The molecule has 0 radical (unpaired) electrons. The van der Waals surface area contributed by atoms with E-state index in [0.29, 0.717) is 12.8 Å². The zero-order valence-electron chi connectivity index (χ0n) is 9.42. The van der Waals surface area contributed by atoms with E-state index in [0.717, 1.165) is 32.5 Å². The van der Waals surface area contributed by atoms with Gasteiger partial charge >= 0.3 is 0 Å². The lowest BCUT2D eigenvalue weighted by Gasteiger charge is -2.34. The highest BCUT2D eigenvalue weighted by Crippen LogP contribution is 2.19. The summed E-state index contributed by atoms with van der Waals surface area (Å²) < 4.78 is 5.26. The molecule has 1 amide bonds. The molecular weight excluding hydrogens is 194 g/mol. The minimum Gasteiger partial charge on any atom is -0.396 e. The highest BCUT2D eigenvalue weighted by Gasteiger charge is 2.28. The predicted molar refractivity (Wildman–Crippen MR) is 57.5 cm³/mol. The molecule has 88 valence electrons. The SMILES string of the molecule is CC1(NC(=O)CCCCO)CCOCC1. The van der Waals surface area contributed by atoms with Crippen LogP contribution in [0, 0.1) is 0 Å². The van der Waals surface area contributed by atoms with Gasteiger partial charge in [0, 0.05) is 31.8 Å². The number of hydrogen-bond donors (Lipinski definition) is 2. The van der Waals surface area contributed by atoms with E-state index in [1.54, 1.807) is 0 Å². The van der Waals surface area contributed by atoms with Crippen molar-refractivity contribution in [2.75, 3.05) is 19.8 Å². The van der Waals surface area contributed by atoms with Crippen LogP contribution in [-0.2, 0) is 9.53 Å². The van der Waals surface area contributed by atoms with Crippen molar-refractivity contribution in [3.63, 3.8) is 0 Å². The van der Waals surface area contributed by atoms with Crippen LogP contribution in [0.4, 0.5) is 0 Å². The van der Waals surface area contributed by atoms with Crippen LogP contribution in [0.2, 0.25) is 0 Å². The van der Waals surface area contributed by atoms with Crippen molar-refractivity contribution < 1.29 is 14.6 Å². The van der Waals surface area contributed by atoms with Gasteiger partial charge in [0.15, 0.2) is 0 Å². The van der Waals surface area contributed by atoms with Crippen LogP contribution in [-0.4, -0.2) is 36.4 Å². The third-order valence-corrected chi connectivity index (χ3v) is 2.85. The standard InChI is InChI=1S/C11H21NO3/c1-11(5-8-15-9-6-11)12-10(14)4-2-3-7-13/h13H,2-9H2,1H3,(H,12,14). The summed E-state index contributed by atoms with van der Waals surface area (Å²) >= 11 is 0. The Morgan fingerprint density at radius 2 is 2.07 bits per heavy atom. The molecule has 2 N–H and O–H groups in total. The van der Waals surface area contributed by atoms with Gasteiger partial charge in [-0.2, -0.15) is 0 Å². The number of aliphatic hydroxyl groups excluding tert-OH is 1. The molecule has 1 aliphatic heterocycles. The Balaban J connectivity index is 2.23. The Kier molecular flexibility index (Phi) is 5.05. The quantitative estimate of drug-likeness (QED) is 0.668. The molecule has 0 aromatic rings. The normalized spacial score (nSPS) is 19.9. The second-order valence-electron chi connectivity index (χ2n) is 4.40. The molecule has 1 fully saturated rings. The minimum absolute atomic E-state index is 0.0887. The maximum absolute atomic E-state index is 11.6. The molecule has 15 heavy (non-hydrogen) atoms. The van der Waals surface area contributed by atoms with E-state index in [4.69, 9.17) is 9.84 Å². The molecular formula is C11H21NO3. The lowest BCUT2D eigenvalue weighted by atomic mass is 9.92. The third kappa shape index (κ3) is 4.62. The van der Waals surface area contributed by atoms with Crippen LogP contribution >= 0.6 is 0 Å². The summed E-state index contributed by atoms with van der Waals surface area (Å²) in [6, 6.07) is 0. The Labute approximate surface area is 91.0 Å². The Hall–Kier alpha value is -0.610. The van der Waals surface area contributed by atoms with Gasteiger partial charge < -0.3 is 15.2 Å². The molecule has 1 heterocycles. The van der Waals surface area contributed by atoms with E-state index in [1.807, 2.05) is 0 Å². The highest BCUT2D eigenvalue weighted by molar-refractivity contribution is 5.76. The van der Waals surface area contributed by atoms with E-state index in [-0.39, 0.29) is 18.1 Å². The molecule has 0 aromatic heterocycles. The van der Waals surface area contributed by atoms with Gasteiger partial charge in [-0.05, 0) is 32.6 Å². The van der Waals surface area contributed by atoms with Gasteiger partial charge in [-0.25, -0.2) is 0 Å². The molecule has 1 aliphatic rings. The van der Waals surface area contributed by atoms with Crippen molar-refractivity contribution in [2.45, 2.75) is 44.6 Å². The number of carbonyl (C=O) groups excluding carboxylic acids is 1. The van der Waals surface area contributed by atoms with Crippen LogP contribution in [0.3, 0.4) is 0 Å². The van der Waals surface area contributed by atoms with Crippen LogP contribution in [0.1, 0.15) is 39.0 Å². The van der Waals surface area contributed by atoms with Gasteiger partial charge in [-0.3, -0.25) is 4.79 Å². The van der Waals surface area contributed by atoms with Gasteiger partial charge in [0.05, 0.1) is 0 Å². The number of nitrogens with one attached hydrogen (secondary N) is 1. The average Bonchev–Trinajstić information content (AvgIpc) is 2.18. The van der Waals surface area contributed by atoms with Crippen molar-refractivity contribution in [1.29, 1.82) is 0 Å². The van der Waals surface area contributed by atoms with E-state index in [9.17, 15) is 4.79 Å². The predicted octanol–water partition coefficient (Wildman–Crippen LogP) is 0.834. The number of carbonyl (C=O) groups is 1. The van der Waals surface area contributed by atoms with Gasteiger partial charge in [0.25, 0.3) is 0 Å². The number of amides is 1. The Bertz CT molecular complexity index is 200. The number of unbranched alkanes of at least 4 members (excludes halogenated alkanes) is 1. The summed E-state index contributed by atoms with van der Waals surface area (Å²) in [7, 11) is 0. The van der Waals surface area contributed by atoms with Gasteiger partial charge in [0.1, 0.15) is 0 Å². The first-order valence-corrected chi connectivity index (χ1v) is 5.66. The Morgan fingerprint density at radius 1 is 1.40 bits per heavy atom. The molecule has 0 spiro atoms. The van der Waals surface area contributed by atoms with E-state index in [1.165, 1.54) is 0 Å². The number of aliphatic hydroxyl groups is 1. The number of hydrogen-bond acceptors (Lipinski definition) is 3. The average molecular weight is 215 g/mol. The fourth-order valence-electron chi connectivity index (χ4n) is 1.74. The number of rotatable bonds is 5. The lowest BCUT2D eigenvalue weighted by Crippen LogP contribution is -2.49. The molecule has 4 heteroatoms. The zero-order valence-corrected chi connectivity index (χ0v) is 9.42. The molecule has 0 atom stereocenters. The second-order valence-corrected chi connectivity index (χ2v) is 4.40. The summed E-state index contributed by atoms with van der Waals surface area (Å²) in [5, 5.41) is 11.7.